The molecule has 4 aliphatic carbocycles. The zero-order valence-corrected chi connectivity index (χ0v) is 38.8. The van der Waals surface area contributed by atoms with Crippen molar-refractivity contribution in [3.05, 3.63) is 155 Å². The van der Waals surface area contributed by atoms with Gasteiger partial charge in [0.05, 0.1) is 17.4 Å². The number of aromatic nitrogens is 2. The number of benzene rings is 4. The van der Waals surface area contributed by atoms with Crippen molar-refractivity contribution in [1.82, 2.24) is 0 Å². The van der Waals surface area contributed by atoms with E-state index in [-0.39, 0.29) is 21.8 Å². The van der Waals surface area contributed by atoms with Gasteiger partial charge in [0, 0.05) is 35.2 Å². The molecule has 0 saturated heterocycles. The number of hydrogen-bond donors (Lipinski definition) is 0. The molecule has 2 fully saturated rings. The van der Waals surface area contributed by atoms with E-state index >= 15 is 0 Å². The van der Waals surface area contributed by atoms with Gasteiger partial charge in [-0.05, 0) is 156 Å². The molecule has 2 aromatic heterocycles. The maximum atomic E-state index is 2.83. The number of fused-ring (bicyclic) bond motifs is 9. The second-order valence-electron chi connectivity index (χ2n) is 22.1. The average molecular weight is 817 g/mol. The quantitative estimate of drug-likeness (QED) is 0.135. The summed E-state index contributed by atoms with van der Waals surface area (Å²) in [5.41, 5.74) is 20.2. The Bertz CT molecular complexity index is 2720. The van der Waals surface area contributed by atoms with Crippen LogP contribution in [-0.2, 0) is 28.3 Å². The van der Waals surface area contributed by atoms with Gasteiger partial charge >= 0.3 is 0 Å². The van der Waals surface area contributed by atoms with Crippen molar-refractivity contribution in [3.8, 4) is 44.8 Å². The van der Waals surface area contributed by atoms with E-state index in [4.69, 9.17) is 0 Å². The summed E-state index contributed by atoms with van der Waals surface area (Å²) in [7, 11) is 0. The molecular weight excluding hydrogens is 749 g/mol. The predicted octanol–water partition coefficient (Wildman–Crippen LogP) is 14.5. The Balaban J connectivity index is 1.10. The molecule has 5 aliphatic rings. The van der Waals surface area contributed by atoms with Crippen LogP contribution < -0.4 is 9.13 Å². The molecule has 316 valence electrons. The Morgan fingerprint density at radius 1 is 0.565 bits per heavy atom. The van der Waals surface area contributed by atoms with Crippen LogP contribution in [0.25, 0.3) is 44.8 Å². The van der Waals surface area contributed by atoms with E-state index in [1.165, 1.54) is 100.0 Å². The number of rotatable bonds is 8. The van der Waals surface area contributed by atoms with Gasteiger partial charge in [0.15, 0.2) is 24.5 Å². The summed E-state index contributed by atoms with van der Waals surface area (Å²) < 4.78 is 5.53. The molecule has 1 aliphatic heterocycles. The molecule has 62 heavy (non-hydrogen) atoms. The van der Waals surface area contributed by atoms with E-state index in [0.29, 0.717) is 0 Å². The maximum Gasteiger partial charge on any atom is 0.213 e. The summed E-state index contributed by atoms with van der Waals surface area (Å²) in [4.78, 5) is 0. The summed E-state index contributed by atoms with van der Waals surface area (Å²) in [5.74, 6) is 3.30. The first-order valence-corrected chi connectivity index (χ1v) is 24.4. The molecule has 0 amide bonds. The minimum absolute atomic E-state index is 0.0724. The van der Waals surface area contributed by atoms with E-state index in [2.05, 4.69) is 186 Å². The fourth-order valence-electron chi connectivity index (χ4n) is 14.3. The van der Waals surface area contributed by atoms with Gasteiger partial charge in [-0.3, -0.25) is 0 Å². The number of hydrogen-bond acceptors (Lipinski definition) is 0. The zero-order valence-electron chi connectivity index (χ0n) is 38.8. The minimum atomic E-state index is -0.157. The molecule has 2 heteroatoms. The molecule has 3 bridgehead atoms. The lowest BCUT2D eigenvalue weighted by Gasteiger charge is -2.49. The Hall–Kier alpha value is -4.82. The van der Waals surface area contributed by atoms with Gasteiger partial charge in [-0.25, -0.2) is 0 Å². The molecule has 6 aromatic rings. The van der Waals surface area contributed by atoms with Crippen molar-refractivity contribution < 1.29 is 9.13 Å². The molecule has 6 atom stereocenters. The normalized spacial score (nSPS) is 27.0. The highest BCUT2D eigenvalue weighted by atomic mass is 15.1. The highest BCUT2D eigenvalue weighted by Gasteiger charge is 2.61. The Labute approximate surface area is 372 Å². The highest BCUT2D eigenvalue weighted by molar-refractivity contribution is 5.73. The van der Waals surface area contributed by atoms with Crippen LogP contribution in [0.5, 0.6) is 0 Å². The molecule has 0 radical (unpaired) electrons. The van der Waals surface area contributed by atoms with Gasteiger partial charge in [0.2, 0.25) is 11.4 Å². The lowest BCUT2D eigenvalue weighted by atomic mass is 9.57. The average Bonchev–Trinajstić information content (AvgIpc) is 3.54. The van der Waals surface area contributed by atoms with Crippen molar-refractivity contribution in [1.29, 1.82) is 0 Å². The van der Waals surface area contributed by atoms with Crippen molar-refractivity contribution in [3.63, 3.8) is 0 Å². The molecule has 4 aromatic carbocycles. The van der Waals surface area contributed by atoms with Gasteiger partial charge in [-0.15, -0.1) is 0 Å². The summed E-state index contributed by atoms with van der Waals surface area (Å²) >= 11 is 0. The summed E-state index contributed by atoms with van der Waals surface area (Å²) in [6, 6.07) is 42.3. The SMILES string of the molecule is CCC1(C)c2cc3c(cc2-c2ccc(-c4ccccc4)c[n+]2C1(CC)CC[n+]1cc2c(cc1-c1ccc(-c4ccccc4)cc1C)C(C)(C)CCC2(C)C)C1CC2CC3CC1C2. The largest absolute Gasteiger partial charge is 0.213 e. The van der Waals surface area contributed by atoms with Gasteiger partial charge in [0.1, 0.15) is 0 Å². The fraction of sp³-hybridized carbons (Fsp3) is 0.433. The van der Waals surface area contributed by atoms with Crippen LogP contribution in [0.2, 0.25) is 0 Å². The lowest BCUT2D eigenvalue weighted by molar-refractivity contribution is -0.782. The molecule has 3 heterocycles. The standard InChI is InChI=1S/C60H68N2/c1-9-59(8)52-35-49-46-31-40-30-45(33-46)48(32-40)50(49)34-51(52)55-24-22-44(42-19-15-12-16-20-42)37-62(55)60(59,10-2)27-28-61-38-54-53(57(4,5)25-26-58(54,6)7)36-56(61)47-23-21-43(29-39(47)3)41-17-13-11-14-18-41/h11-24,29,34-38,40,45-46,48H,9-10,25-28,30-33H2,1-8H3/q+2. The Morgan fingerprint density at radius 2 is 1.26 bits per heavy atom. The van der Waals surface area contributed by atoms with E-state index in [9.17, 15) is 0 Å². The van der Waals surface area contributed by atoms with Gasteiger partial charge < -0.3 is 0 Å². The van der Waals surface area contributed by atoms with Crippen LogP contribution in [0, 0.1) is 18.8 Å². The van der Waals surface area contributed by atoms with E-state index in [0.717, 1.165) is 49.5 Å². The second-order valence-corrected chi connectivity index (χ2v) is 22.1. The lowest BCUT2D eigenvalue weighted by Crippen LogP contribution is -2.70. The van der Waals surface area contributed by atoms with Crippen LogP contribution >= 0.6 is 0 Å². The van der Waals surface area contributed by atoms with Gasteiger partial charge in [-0.1, -0.05) is 120 Å². The molecular formula is C60H68N2+2. The minimum Gasteiger partial charge on any atom is -0.198 e. The summed E-state index contributed by atoms with van der Waals surface area (Å²) in [5, 5.41) is 0. The fourth-order valence-corrected chi connectivity index (χ4v) is 14.3. The van der Waals surface area contributed by atoms with Crippen molar-refractivity contribution in [2.45, 2.75) is 153 Å². The molecule has 2 nitrogen and oxygen atoms in total. The van der Waals surface area contributed by atoms with E-state index in [1.807, 2.05) is 0 Å². The topological polar surface area (TPSA) is 7.76 Å². The van der Waals surface area contributed by atoms with E-state index in [1.54, 1.807) is 16.7 Å². The molecule has 2 saturated carbocycles. The van der Waals surface area contributed by atoms with Crippen molar-refractivity contribution >= 4 is 0 Å². The first-order valence-electron chi connectivity index (χ1n) is 24.4. The van der Waals surface area contributed by atoms with Crippen LogP contribution in [0.1, 0.15) is 151 Å². The smallest absolute Gasteiger partial charge is 0.198 e. The zero-order chi connectivity index (χ0) is 42.8. The van der Waals surface area contributed by atoms with Crippen molar-refractivity contribution in [2.75, 3.05) is 0 Å². The third kappa shape index (κ3) is 5.94. The third-order valence-electron chi connectivity index (χ3n) is 18.1. The van der Waals surface area contributed by atoms with Gasteiger partial charge in [-0.2, -0.15) is 9.13 Å². The van der Waals surface area contributed by atoms with Crippen molar-refractivity contribution in [2.24, 2.45) is 11.8 Å². The molecule has 0 N–H and O–H groups in total. The number of nitrogens with zero attached hydrogens (tertiary/aromatic N) is 2. The number of pyridine rings is 2. The molecule has 11 rings (SSSR count). The highest BCUT2D eigenvalue weighted by Crippen LogP contribution is 2.62. The van der Waals surface area contributed by atoms with E-state index < -0.39 is 0 Å². The Kier molecular flexibility index (Phi) is 9.26. The Morgan fingerprint density at radius 3 is 1.95 bits per heavy atom. The predicted molar refractivity (Wildman–Crippen MR) is 256 cm³/mol. The van der Waals surface area contributed by atoms with Crippen LogP contribution in [0.3, 0.4) is 0 Å². The number of aryl methyl sites for hydroxylation is 2. The van der Waals surface area contributed by atoms with Crippen LogP contribution in [-0.4, -0.2) is 0 Å². The van der Waals surface area contributed by atoms with Gasteiger partial charge in [0.25, 0.3) is 0 Å². The monoisotopic (exact) mass is 817 g/mol. The van der Waals surface area contributed by atoms with Crippen LogP contribution in [0.4, 0.5) is 0 Å². The summed E-state index contributed by atoms with van der Waals surface area (Å²) in [6.07, 6.45) is 16.5. The first-order chi connectivity index (χ1) is 29.8. The van der Waals surface area contributed by atoms with Crippen LogP contribution in [0.15, 0.2) is 122 Å². The third-order valence-corrected chi connectivity index (χ3v) is 18.1. The maximum absolute atomic E-state index is 2.83. The summed E-state index contributed by atoms with van der Waals surface area (Å²) in [6.45, 7) is 20.9. The first kappa shape index (κ1) is 40.0. The molecule has 0 spiro atoms. The second kappa shape index (κ2) is 14.4. The molecule has 6 unspecified atom stereocenters.